The van der Waals surface area contributed by atoms with Crippen molar-refractivity contribution in [3.63, 3.8) is 0 Å². The van der Waals surface area contributed by atoms with Gasteiger partial charge in [-0.1, -0.05) is 0 Å². The molecule has 3 aromatic heterocycles. The molecule has 9 nitrogen and oxygen atoms in total. The fourth-order valence-electron chi connectivity index (χ4n) is 2.68. The number of aromatic nitrogens is 4. The lowest BCUT2D eigenvalue weighted by Gasteiger charge is -2.18. The Morgan fingerprint density at radius 1 is 1.22 bits per heavy atom. The zero-order valence-corrected chi connectivity index (χ0v) is 12.0. The largest absolute Gasteiger partial charge is 0.433 e. The minimum absolute atomic E-state index is 0.248. The summed E-state index contributed by atoms with van der Waals surface area (Å²) in [6, 6.07) is 2.78. The van der Waals surface area contributed by atoms with Gasteiger partial charge in [0, 0.05) is 19.3 Å². The van der Waals surface area contributed by atoms with E-state index in [9.17, 15) is 10.1 Å². The van der Waals surface area contributed by atoms with Crippen LogP contribution in [0.4, 0.5) is 11.7 Å². The quantitative estimate of drug-likeness (QED) is 0.534. The van der Waals surface area contributed by atoms with Crippen LogP contribution in [-0.4, -0.2) is 37.9 Å². The third-order valence-corrected chi connectivity index (χ3v) is 3.75. The first-order valence-electron chi connectivity index (χ1n) is 7.20. The van der Waals surface area contributed by atoms with Gasteiger partial charge < -0.3 is 9.32 Å². The van der Waals surface area contributed by atoms with Crippen LogP contribution in [0.5, 0.6) is 0 Å². The van der Waals surface area contributed by atoms with Gasteiger partial charge >= 0.3 is 5.88 Å². The lowest BCUT2D eigenvalue weighted by molar-refractivity contribution is -0.401. The maximum atomic E-state index is 10.8. The summed E-state index contributed by atoms with van der Waals surface area (Å²) in [5, 5.41) is 11.5. The molecule has 0 amide bonds. The number of rotatable bonds is 3. The summed E-state index contributed by atoms with van der Waals surface area (Å²) in [5.74, 6) is 0.931. The molecule has 0 unspecified atom stereocenters. The van der Waals surface area contributed by atoms with Crippen molar-refractivity contribution in [3.8, 4) is 11.6 Å². The fourth-order valence-corrected chi connectivity index (χ4v) is 2.68. The molecule has 1 fully saturated rings. The Labute approximate surface area is 130 Å². The lowest BCUT2D eigenvalue weighted by Crippen LogP contribution is -2.20. The summed E-state index contributed by atoms with van der Waals surface area (Å²) in [7, 11) is 0. The number of furan rings is 1. The van der Waals surface area contributed by atoms with Crippen LogP contribution in [0.15, 0.2) is 29.1 Å². The Balaban J connectivity index is 1.88. The van der Waals surface area contributed by atoms with E-state index in [0.717, 1.165) is 37.1 Å². The molecule has 4 heterocycles. The molecule has 23 heavy (non-hydrogen) atoms. The summed E-state index contributed by atoms with van der Waals surface area (Å²) < 4.78 is 5.21. The average molecular weight is 312 g/mol. The molecule has 0 bridgehead atoms. The molecule has 0 aliphatic carbocycles. The summed E-state index contributed by atoms with van der Waals surface area (Å²) >= 11 is 0. The van der Waals surface area contributed by atoms with Crippen LogP contribution in [0.25, 0.3) is 22.6 Å². The van der Waals surface area contributed by atoms with Crippen LogP contribution >= 0.6 is 0 Å². The van der Waals surface area contributed by atoms with Crippen LogP contribution in [-0.2, 0) is 0 Å². The molecule has 9 heteroatoms. The second-order valence-corrected chi connectivity index (χ2v) is 5.22. The van der Waals surface area contributed by atoms with Gasteiger partial charge in [-0.2, -0.15) is 0 Å². The number of anilines is 1. The second-order valence-electron chi connectivity index (χ2n) is 5.22. The van der Waals surface area contributed by atoms with Gasteiger partial charge in [-0.15, -0.1) is 0 Å². The topological polar surface area (TPSA) is 111 Å². The number of nitrogens with zero attached hydrogens (tertiary/aromatic N) is 6. The molecule has 1 aliphatic heterocycles. The first-order chi connectivity index (χ1) is 11.2. The molecule has 0 aromatic carbocycles. The molecule has 0 spiro atoms. The van der Waals surface area contributed by atoms with E-state index < -0.39 is 4.92 Å². The van der Waals surface area contributed by atoms with E-state index in [1.54, 1.807) is 6.20 Å². The molecule has 1 saturated heterocycles. The van der Waals surface area contributed by atoms with Crippen molar-refractivity contribution in [2.75, 3.05) is 18.0 Å². The van der Waals surface area contributed by atoms with Gasteiger partial charge in [0.25, 0.3) is 0 Å². The van der Waals surface area contributed by atoms with E-state index in [-0.39, 0.29) is 17.5 Å². The Hall–Kier alpha value is -3.10. The van der Waals surface area contributed by atoms with Gasteiger partial charge in [0.15, 0.2) is 17.2 Å². The van der Waals surface area contributed by atoms with Gasteiger partial charge in [0.05, 0.1) is 11.5 Å². The Morgan fingerprint density at radius 3 is 2.78 bits per heavy atom. The first-order valence-corrected chi connectivity index (χ1v) is 7.20. The van der Waals surface area contributed by atoms with E-state index in [4.69, 9.17) is 4.42 Å². The van der Waals surface area contributed by atoms with Crippen molar-refractivity contribution >= 4 is 22.7 Å². The van der Waals surface area contributed by atoms with Gasteiger partial charge in [0.2, 0.25) is 0 Å². The van der Waals surface area contributed by atoms with E-state index >= 15 is 0 Å². The fraction of sp³-hybridized carbons (Fsp3) is 0.286. The maximum Gasteiger partial charge on any atom is 0.433 e. The molecule has 0 atom stereocenters. The van der Waals surface area contributed by atoms with Crippen LogP contribution in [0.2, 0.25) is 0 Å². The molecule has 1 aliphatic rings. The van der Waals surface area contributed by atoms with Crippen molar-refractivity contribution in [3.05, 3.63) is 34.8 Å². The Bertz CT molecular complexity index is 887. The third kappa shape index (κ3) is 2.35. The SMILES string of the molecule is O=[N+]([O-])c1ccc(-c2nc(N3CCCC3)c3cncnc3n2)o1. The molecule has 0 N–H and O–H groups in total. The third-order valence-electron chi connectivity index (χ3n) is 3.75. The van der Waals surface area contributed by atoms with E-state index in [1.165, 1.54) is 18.5 Å². The molecular formula is C14H12N6O3. The van der Waals surface area contributed by atoms with Gasteiger partial charge in [-0.25, -0.2) is 19.9 Å². The zero-order chi connectivity index (χ0) is 15.8. The highest BCUT2D eigenvalue weighted by Gasteiger charge is 2.21. The molecule has 0 saturated carbocycles. The second kappa shape index (κ2) is 5.27. The monoisotopic (exact) mass is 312 g/mol. The van der Waals surface area contributed by atoms with Crippen molar-refractivity contribution < 1.29 is 9.34 Å². The number of nitro groups is 1. The van der Waals surface area contributed by atoms with Crippen LogP contribution in [0.3, 0.4) is 0 Å². The highest BCUT2D eigenvalue weighted by Crippen LogP contribution is 2.30. The Morgan fingerprint density at radius 2 is 2.04 bits per heavy atom. The van der Waals surface area contributed by atoms with E-state index in [2.05, 4.69) is 24.8 Å². The minimum atomic E-state index is -0.589. The molecule has 0 radical (unpaired) electrons. The highest BCUT2D eigenvalue weighted by atomic mass is 16.6. The van der Waals surface area contributed by atoms with Crippen molar-refractivity contribution in [2.24, 2.45) is 0 Å². The molecular weight excluding hydrogens is 300 g/mol. The van der Waals surface area contributed by atoms with Crippen molar-refractivity contribution in [1.82, 2.24) is 19.9 Å². The van der Waals surface area contributed by atoms with E-state index in [1.807, 2.05) is 0 Å². The minimum Gasteiger partial charge on any atom is -0.397 e. The normalized spacial score (nSPS) is 14.5. The summed E-state index contributed by atoms with van der Waals surface area (Å²) in [6.07, 6.45) is 5.29. The molecule has 4 rings (SSSR count). The van der Waals surface area contributed by atoms with Crippen LogP contribution in [0.1, 0.15) is 12.8 Å². The number of fused-ring (bicyclic) bond motifs is 1. The summed E-state index contributed by atoms with van der Waals surface area (Å²) in [5.41, 5.74) is 0.492. The molecule has 3 aromatic rings. The lowest BCUT2D eigenvalue weighted by atomic mass is 10.3. The van der Waals surface area contributed by atoms with Crippen molar-refractivity contribution in [2.45, 2.75) is 12.8 Å². The van der Waals surface area contributed by atoms with Gasteiger partial charge in [0.1, 0.15) is 17.1 Å². The number of hydrogen-bond donors (Lipinski definition) is 0. The first kappa shape index (κ1) is 13.6. The Kier molecular flexibility index (Phi) is 3.11. The smallest absolute Gasteiger partial charge is 0.397 e. The standard InChI is InChI=1S/C14H12N6O3/c21-20(22)11-4-3-10(23-11)13-17-12-9(7-15-8-16-12)14(18-13)19-5-1-2-6-19/h3-4,7-8H,1-2,5-6H2. The summed E-state index contributed by atoms with van der Waals surface area (Å²) in [6.45, 7) is 1.80. The van der Waals surface area contributed by atoms with Crippen LogP contribution in [0, 0.1) is 10.1 Å². The average Bonchev–Trinajstić information content (AvgIpc) is 3.25. The summed E-state index contributed by atoms with van der Waals surface area (Å²) in [4.78, 5) is 29.4. The highest BCUT2D eigenvalue weighted by molar-refractivity contribution is 5.87. The van der Waals surface area contributed by atoms with E-state index in [0.29, 0.717) is 5.65 Å². The van der Waals surface area contributed by atoms with Crippen LogP contribution < -0.4 is 4.90 Å². The predicted molar refractivity (Wildman–Crippen MR) is 80.9 cm³/mol. The van der Waals surface area contributed by atoms with Gasteiger partial charge in [-0.3, -0.25) is 10.1 Å². The van der Waals surface area contributed by atoms with Gasteiger partial charge in [-0.05, 0) is 18.9 Å². The maximum absolute atomic E-state index is 10.8. The number of hydrogen-bond acceptors (Lipinski definition) is 8. The van der Waals surface area contributed by atoms with Crippen molar-refractivity contribution in [1.29, 1.82) is 0 Å². The zero-order valence-electron chi connectivity index (χ0n) is 12.0. The molecule has 116 valence electrons. The predicted octanol–water partition coefficient (Wildman–Crippen LogP) is 2.19.